The number of nitrogens with zero attached hydrogens (tertiary/aromatic N) is 1. The number of rotatable bonds is 14. The number of benzene rings is 1. The second-order valence-corrected chi connectivity index (χ2v) is 8.04. The summed E-state index contributed by atoms with van der Waals surface area (Å²) in [5.74, 6) is -1.56. The van der Waals surface area contributed by atoms with Gasteiger partial charge in [-0.1, -0.05) is 50.6 Å². The summed E-state index contributed by atoms with van der Waals surface area (Å²) in [6, 6.07) is 6.82. The molecule has 0 spiro atoms. The van der Waals surface area contributed by atoms with E-state index >= 15 is 0 Å². The van der Waals surface area contributed by atoms with Gasteiger partial charge < -0.3 is 27.8 Å². The van der Waals surface area contributed by atoms with E-state index in [9.17, 15) is 14.4 Å². The van der Waals surface area contributed by atoms with Crippen LogP contribution in [0, 0.1) is 5.92 Å². The third kappa shape index (κ3) is 9.65. The molecule has 0 saturated heterocycles. The van der Waals surface area contributed by atoms with Crippen molar-refractivity contribution in [1.29, 1.82) is 0 Å². The normalized spacial score (nSPS) is 14.5. The van der Waals surface area contributed by atoms with Gasteiger partial charge in [0.05, 0.1) is 18.0 Å². The van der Waals surface area contributed by atoms with Crippen LogP contribution in [0.15, 0.2) is 35.3 Å². The first-order valence-electron chi connectivity index (χ1n) is 10.7. The van der Waals surface area contributed by atoms with Crippen molar-refractivity contribution in [2.45, 2.75) is 57.7 Å². The van der Waals surface area contributed by atoms with Crippen LogP contribution in [0.5, 0.6) is 0 Å². The number of amides is 2. The molecule has 32 heavy (non-hydrogen) atoms. The topological polar surface area (TPSA) is 166 Å². The summed E-state index contributed by atoms with van der Waals surface area (Å²) in [4.78, 5) is 41.9. The first kappa shape index (κ1) is 27.4. The van der Waals surface area contributed by atoms with Crippen LogP contribution >= 0.6 is 11.6 Å². The fourth-order valence-electron chi connectivity index (χ4n) is 3.02. The monoisotopic (exact) mass is 466 g/mol. The fraction of sp³-hybridized carbons (Fsp3) is 0.545. The van der Waals surface area contributed by atoms with Gasteiger partial charge in [0.15, 0.2) is 11.7 Å². The van der Waals surface area contributed by atoms with Crippen molar-refractivity contribution in [3.63, 3.8) is 0 Å². The van der Waals surface area contributed by atoms with Crippen LogP contribution in [0.4, 0.5) is 0 Å². The molecular weight excluding hydrogens is 432 g/mol. The van der Waals surface area contributed by atoms with Gasteiger partial charge in [0.25, 0.3) is 0 Å². The number of hydrogen-bond acceptors (Lipinski definition) is 5. The number of carbonyl (C=O) groups excluding carboxylic acids is 3. The molecule has 0 fully saturated rings. The molecule has 0 bridgehead atoms. The SMILES string of the molecule is CC[C@H](C)[C@H](N)C(=O)N[C@@H](Cc1ccccc1)C(=O)N[C@@H](CCCN=C(N)N)C(=O)CCl. The van der Waals surface area contributed by atoms with Crippen LogP contribution < -0.4 is 27.8 Å². The van der Waals surface area contributed by atoms with Crippen LogP contribution in [0.25, 0.3) is 0 Å². The van der Waals surface area contributed by atoms with E-state index in [1.54, 1.807) is 0 Å². The minimum atomic E-state index is -0.900. The molecule has 0 radical (unpaired) electrons. The number of alkyl halides is 1. The van der Waals surface area contributed by atoms with Crippen molar-refractivity contribution in [2.75, 3.05) is 12.4 Å². The maximum Gasteiger partial charge on any atom is 0.243 e. The summed E-state index contributed by atoms with van der Waals surface area (Å²) in [5.41, 5.74) is 17.5. The summed E-state index contributed by atoms with van der Waals surface area (Å²) in [6.45, 7) is 4.14. The third-order valence-corrected chi connectivity index (χ3v) is 5.52. The second kappa shape index (κ2) is 14.4. The van der Waals surface area contributed by atoms with Gasteiger partial charge in [-0.25, -0.2) is 0 Å². The maximum absolute atomic E-state index is 13.1. The highest BCUT2D eigenvalue weighted by Gasteiger charge is 2.29. The number of hydrogen-bond donors (Lipinski definition) is 5. The average molecular weight is 467 g/mol. The van der Waals surface area contributed by atoms with Crippen molar-refractivity contribution in [3.05, 3.63) is 35.9 Å². The van der Waals surface area contributed by atoms with E-state index in [4.69, 9.17) is 28.8 Å². The van der Waals surface area contributed by atoms with Gasteiger partial charge >= 0.3 is 0 Å². The predicted molar refractivity (Wildman–Crippen MR) is 127 cm³/mol. The number of carbonyl (C=O) groups is 3. The van der Waals surface area contributed by atoms with Gasteiger partial charge in [0.1, 0.15) is 6.04 Å². The van der Waals surface area contributed by atoms with Crippen LogP contribution in [0.1, 0.15) is 38.7 Å². The lowest BCUT2D eigenvalue weighted by atomic mass is 9.98. The number of ketones is 1. The van der Waals surface area contributed by atoms with E-state index in [2.05, 4.69) is 15.6 Å². The number of aliphatic imine (C=N–C) groups is 1. The summed E-state index contributed by atoms with van der Waals surface area (Å²) in [6.07, 6.45) is 1.76. The molecule has 0 saturated carbocycles. The average Bonchev–Trinajstić information content (AvgIpc) is 2.79. The molecule has 1 aromatic rings. The smallest absolute Gasteiger partial charge is 0.243 e. The lowest BCUT2D eigenvalue weighted by molar-refractivity contribution is -0.132. The summed E-state index contributed by atoms with van der Waals surface area (Å²) in [5, 5.41) is 5.47. The van der Waals surface area contributed by atoms with Crippen LogP contribution in [0.3, 0.4) is 0 Å². The minimum Gasteiger partial charge on any atom is -0.370 e. The Morgan fingerprint density at radius 2 is 1.69 bits per heavy atom. The van der Waals surface area contributed by atoms with Gasteiger partial charge in [0.2, 0.25) is 11.8 Å². The molecule has 1 aromatic carbocycles. The summed E-state index contributed by atoms with van der Waals surface area (Å²) < 4.78 is 0. The van der Waals surface area contributed by atoms with E-state index in [0.717, 1.165) is 12.0 Å². The Hall–Kier alpha value is -2.65. The zero-order chi connectivity index (χ0) is 24.1. The molecule has 2 amide bonds. The van der Waals surface area contributed by atoms with Gasteiger partial charge in [0, 0.05) is 13.0 Å². The molecule has 178 valence electrons. The highest BCUT2D eigenvalue weighted by Crippen LogP contribution is 2.09. The van der Waals surface area contributed by atoms with E-state index in [0.29, 0.717) is 19.4 Å². The van der Waals surface area contributed by atoms with E-state index in [1.165, 1.54) is 0 Å². The van der Waals surface area contributed by atoms with Gasteiger partial charge in [-0.15, -0.1) is 11.6 Å². The third-order valence-electron chi connectivity index (χ3n) is 5.26. The zero-order valence-corrected chi connectivity index (χ0v) is 19.5. The quantitative estimate of drug-likeness (QED) is 0.115. The lowest BCUT2D eigenvalue weighted by Gasteiger charge is -2.25. The van der Waals surface area contributed by atoms with E-state index in [1.807, 2.05) is 44.2 Å². The lowest BCUT2D eigenvalue weighted by Crippen LogP contribution is -2.56. The van der Waals surface area contributed by atoms with Gasteiger partial charge in [-0.2, -0.15) is 0 Å². The van der Waals surface area contributed by atoms with Crippen molar-refractivity contribution in [1.82, 2.24) is 10.6 Å². The number of nitrogens with one attached hydrogen (secondary N) is 2. The molecule has 1 rings (SSSR count). The molecule has 0 aliphatic rings. The maximum atomic E-state index is 13.1. The summed E-state index contributed by atoms with van der Waals surface area (Å²) >= 11 is 5.72. The number of guanidine groups is 1. The first-order valence-corrected chi connectivity index (χ1v) is 11.3. The van der Waals surface area contributed by atoms with Crippen LogP contribution in [0.2, 0.25) is 0 Å². The van der Waals surface area contributed by atoms with Crippen molar-refractivity contribution < 1.29 is 14.4 Å². The molecule has 4 atom stereocenters. The highest BCUT2D eigenvalue weighted by atomic mass is 35.5. The van der Waals surface area contributed by atoms with Crippen molar-refractivity contribution in [3.8, 4) is 0 Å². The molecule has 10 heteroatoms. The van der Waals surface area contributed by atoms with E-state index in [-0.39, 0.29) is 30.0 Å². The minimum absolute atomic E-state index is 0.0439. The van der Waals surface area contributed by atoms with Crippen LogP contribution in [-0.2, 0) is 20.8 Å². The molecule has 0 aromatic heterocycles. The summed E-state index contributed by atoms with van der Waals surface area (Å²) in [7, 11) is 0. The van der Waals surface area contributed by atoms with Gasteiger partial charge in [-0.3, -0.25) is 19.4 Å². The Morgan fingerprint density at radius 1 is 1.06 bits per heavy atom. The van der Waals surface area contributed by atoms with Crippen LogP contribution in [-0.4, -0.2) is 54.1 Å². The van der Waals surface area contributed by atoms with Gasteiger partial charge in [-0.05, 0) is 24.3 Å². The molecule has 0 aliphatic heterocycles. The standard InChI is InChI=1S/C22H35ClN6O3/c1-3-14(2)19(24)21(32)29-17(12-15-8-5-4-6-9-15)20(31)28-16(18(30)13-23)10-7-11-27-22(25)26/h4-6,8-9,14,16-17,19H,3,7,10-13,24H2,1-2H3,(H,28,31)(H,29,32)(H4,25,26,27)/t14-,16-,17-,19-/m0/s1. The Morgan fingerprint density at radius 3 is 2.25 bits per heavy atom. The molecular formula is C22H35ClN6O3. The number of Topliss-reactive ketones (excluding diaryl/α,β-unsaturated/α-hetero) is 1. The molecule has 0 heterocycles. The zero-order valence-electron chi connectivity index (χ0n) is 18.7. The molecule has 9 nitrogen and oxygen atoms in total. The Bertz CT molecular complexity index is 770. The Kier molecular flexibility index (Phi) is 12.3. The number of halogens is 1. The first-order chi connectivity index (χ1) is 15.2. The Labute approximate surface area is 194 Å². The fourth-order valence-corrected chi connectivity index (χ4v) is 3.21. The number of nitrogens with two attached hydrogens (primary N) is 3. The second-order valence-electron chi connectivity index (χ2n) is 7.77. The van der Waals surface area contributed by atoms with Crippen molar-refractivity contribution in [2.24, 2.45) is 28.1 Å². The van der Waals surface area contributed by atoms with Crippen molar-refractivity contribution >= 4 is 35.2 Å². The predicted octanol–water partition coefficient (Wildman–Crippen LogP) is 0.434. The highest BCUT2D eigenvalue weighted by molar-refractivity contribution is 6.28. The molecule has 0 unspecified atom stereocenters. The Balaban J connectivity index is 2.96. The molecule has 0 aliphatic carbocycles. The largest absolute Gasteiger partial charge is 0.370 e. The molecule has 8 N–H and O–H groups in total. The van der Waals surface area contributed by atoms with E-state index < -0.39 is 29.9 Å².